The lowest BCUT2D eigenvalue weighted by atomic mass is 10.1. The number of thiazole rings is 1. The fraction of sp³-hybridized carbons (Fsp3) is 0.391. The van der Waals surface area contributed by atoms with Crippen LogP contribution in [0.15, 0.2) is 36.4 Å². The number of benzene rings is 2. The normalized spacial score (nSPS) is 16.3. The summed E-state index contributed by atoms with van der Waals surface area (Å²) >= 11 is 1.32. The van der Waals surface area contributed by atoms with E-state index in [9.17, 15) is 9.18 Å². The van der Waals surface area contributed by atoms with Crippen LogP contribution in [0.25, 0.3) is 10.2 Å². The highest BCUT2D eigenvalue weighted by Gasteiger charge is 2.24. The Kier molecular flexibility index (Phi) is 6.20. The van der Waals surface area contributed by atoms with Crippen LogP contribution < -0.4 is 14.4 Å². The molecule has 0 spiro atoms. The van der Waals surface area contributed by atoms with Crippen molar-refractivity contribution in [1.82, 2.24) is 9.88 Å². The van der Waals surface area contributed by atoms with Crippen molar-refractivity contribution in [2.75, 3.05) is 57.5 Å². The summed E-state index contributed by atoms with van der Waals surface area (Å²) < 4.78 is 31.1. The fourth-order valence-electron chi connectivity index (χ4n) is 3.90. The molecule has 2 aromatic carbocycles. The van der Waals surface area contributed by atoms with Gasteiger partial charge in [0.1, 0.15) is 19.0 Å². The van der Waals surface area contributed by atoms with Gasteiger partial charge in [-0.05, 0) is 42.8 Å². The van der Waals surface area contributed by atoms with Gasteiger partial charge in [0.25, 0.3) is 5.91 Å². The van der Waals surface area contributed by atoms with Gasteiger partial charge in [-0.15, -0.1) is 0 Å². The van der Waals surface area contributed by atoms with Crippen molar-refractivity contribution in [2.45, 2.75) is 6.42 Å². The minimum absolute atomic E-state index is 0.163. The third-order valence-corrected chi connectivity index (χ3v) is 6.61. The van der Waals surface area contributed by atoms with Crippen molar-refractivity contribution in [1.29, 1.82) is 0 Å². The van der Waals surface area contributed by atoms with E-state index < -0.39 is 0 Å². The molecule has 2 aliphatic heterocycles. The predicted octanol–water partition coefficient (Wildman–Crippen LogP) is 3.58. The third kappa shape index (κ3) is 4.55. The van der Waals surface area contributed by atoms with Crippen LogP contribution >= 0.6 is 11.3 Å². The van der Waals surface area contributed by atoms with Gasteiger partial charge in [-0.25, -0.2) is 9.37 Å². The zero-order valence-electron chi connectivity index (χ0n) is 17.6. The predicted molar refractivity (Wildman–Crippen MR) is 121 cm³/mol. The monoisotopic (exact) mass is 457 g/mol. The first kappa shape index (κ1) is 21.1. The van der Waals surface area contributed by atoms with E-state index in [1.807, 2.05) is 0 Å². The summed E-state index contributed by atoms with van der Waals surface area (Å²) in [6.07, 6.45) is 0.792. The Morgan fingerprint density at radius 1 is 1.06 bits per heavy atom. The van der Waals surface area contributed by atoms with Gasteiger partial charge in [0.2, 0.25) is 0 Å². The second kappa shape index (κ2) is 9.40. The molecule has 0 saturated carbocycles. The van der Waals surface area contributed by atoms with Crippen molar-refractivity contribution < 1.29 is 23.4 Å². The second-order valence-corrected chi connectivity index (χ2v) is 8.74. The highest BCUT2D eigenvalue weighted by molar-refractivity contribution is 7.22. The molecule has 0 radical (unpaired) electrons. The van der Waals surface area contributed by atoms with Gasteiger partial charge in [0.05, 0.1) is 23.4 Å². The quantitative estimate of drug-likeness (QED) is 0.564. The molecular weight excluding hydrogens is 433 g/mol. The third-order valence-electron chi connectivity index (χ3n) is 5.56. The van der Waals surface area contributed by atoms with Crippen LogP contribution in [-0.4, -0.2) is 68.4 Å². The summed E-state index contributed by atoms with van der Waals surface area (Å²) in [7, 11) is 0. The highest BCUT2D eigenvalue weighted by atomic mass is 32.1. The number of amides is 1. The molecule has 1 saturated heterocycles. The second-order valence-electron chi connectivity index (χ2n) is 7.73. The maximum absolute atomic E-state index is 13.7. The van der Waals surface area contributed by atoms with Crippen molar-refractivity contribution in [2.24, 2.45) is 0 Å². The Bertz CT molecular complexity index is 1120. The zero-order valence-corrected chi connectivity index (χ0v) is 18.4. The summed E-state index contributed by atoms with van der Waals surface area (Å²) in [6.45, 7) is 5.61. The minimum Gasteiger partial charge on any atom is -0.486 e. The number of carbonyl (C=O) groups is 1. The number of carbonyl (C=O) groups excluding carboxylic acids is 1. The van der Waals surface area contributed by atoms with E-state index in [4.69, 9.17) is 14.2 Å². The first-order chi connectivity index (χ1) is 15.7. The molecule has 9 heteroatoms. The maximum atomic E-state index is 13.7. The van der Waals surface area contributed by atoms with Crippen LogP contribution in [0.2, 0.25) is 0 Å². The van der Waals surface area contributed by atoms with E-state index in [-0.39, 0.29) is 11.7 Å². The number of rotatable bonds is 6. The van der Waals surface area contributed by atoms with Gasteiger partial charge in [-0.3, -0.25) is 14.6 Å². The van der Waals surface area contributed by atoms with Crippen molar-refractivity contribution >= 4 is 32.6 Å². The number of morpholine rings is 1. The molecule has 0 atom stereocenters. The van der Waals surface area contributed by atoms with Crippen LogP contribution in [0, 0.1) is 5.82 Å². The molecule has 3 heterocycles. The molecule has 2 aliphatic rings. The van der Waals surface area contributed by atoms with E-state index in [0.717, 1.165) is 39.3 Å². The molecule has 1 fully saturated rings. The molecule has 0 N–H and O–H groups in total. The summed E-state index contributed by atoms with van der Waals surface area (Å²) in [6, 6.07) is 9.72. The summed E-state index contributed by atoms with van der Waals surface area (Å²) in [5.41, 5.74) is 1.19. The molecule has 1 aromatic heterocycles. The van der Waals surface area contributed by atoms with E-state index in [0.29, 0.717) is 52.2 Å². The van der Waals surface area contributed by atoms with Crippen molar-refractivity contribution in [3.8, 4) is 11.5 Å². The molecule has 168 valence electrons. The Morgan fingerprint density at radius 3 is 2.72 bits per heavy atom. The lowest BCUT2D eigenvalue weighted by molar-refractivity contribution is 0.0376. The molecule has 0 unspecified atom stereocenters. The molecule has 0 aliphatic carbocycles. The zero-order chi connectivity index (χ0) is 21.9. The number of anilines is 1. The van der Waals surface area contributed by atoms with Crippen molar-refractivity contribution in [3.63, 3.8) is 0 Å². The fourth-order valence-corrected chi connectivity index (χ4v) is 4.91. The molecule has 0 bridgehead atoms. The average Bonchev–Trinajstić information content (AvgIpc) is 3.24. The summed E-state index contributed by atoms with van der Waals surface area (Å²) in [4.78, 5) is 22.2. The van der Waals surface area contributed by atoms with Gasteiger partial charge < -0.3 is 14.2 Å². The number of ether oxygens (including phenoxy) is 3. The molecule has 7 nitrogen and oxygen atoms in total. The Morgan fingerprint density at radius 2 is 1.88 bits per heavy atom. The van der Waals surface area contributed by atoms with E-state index >= 15 is 0 Å². The number of hydrogen-bond acceptors (Lipinski definition) is 7. The molecule has 3 aromatic rings. The number of hydrogen-bond donors (Lipinski definition) is 0. The van der Waals surface area contributed by atoms with E-state index in [1.54, 1.807) is 29.2 Å². The van der Waals surface area contributed by atoms with E-state index in [1.165, 1.54) is 23.5 Å². The van der Waals surface area contributed by atoms with Gasteiger partial charge in [-0.1, -0.05) is 11.3 Å². The first-order valence-corrected chi connectivity index (χ1v) is 11.6. The van der Waals surface area contributed by atoms with Crippen LogP contribution in [0.4, 0.5) is 9.52 Å². The summed E-state index contributed by atoms with van der Waals surface area (Å²) in [5.74, 6) is 0.733. The lowest BCUT2D eigenvalue weighted by Crippen LogP contribution is -2.39. The SMILES string of the molecule is O=C(c1ccc2c(c1)OCCO2)N(CCCN1CCOCC1)c1nc2ccc(F)cc2s1. The van der Waals surface area contributed by atoms with Gasteiger partial charge in [0.15, 0.2) is 16.6 Å². The van der Waals surface area contributed by atoms with Crippen LogP contribution in [0.5, 0.6) is 11.5 Å². The topological polar surface area (TPSA) is 64.1 Å². The first-order valence-electron chi connectivity index (χ1n) is 10.7. The van der Waals surface area contributed by atoms with Crippen LogP contribution in [0.3, 0.4) is 0 Å². The Balaban J connectivity index is 1.40. The van der Waals surface area contributed by atoms with Gasteiger partial charge >= 0.3 is 0 Å². The standard InChI is InChI=1S/C23H24FN3O4S/c24-17-3-4-18-21(15-17)32-23(25-18)27(7-1-6-26-8-10-29-11-9-26)22(28)16-2-5-19-20(14-16)31-13-12-30-19/h2-5,14-15H,1,6-13H2. The minimum atomic E-state index is -0.315. The number of aromatic nitrogens is 1. The highest BCUT2D eigenvalue weighted by Crippen LogP contribution is 2.33. The van der Waals surface area contributed by atoms with Crippen molar-refractivity contribution in [3.05, 3.63) is 47.8 Å². The summed E-state index contributed by atoms with van der Waals surface area (Å²) in [5, 5.41) is 0.562. The Labute approximate surface area is 189 Å². The largest absolute Gasteiger partial charge is 0.486 e. The molecule has 5 rings (SSSR count). The van der Waals surface area contributed by atoms with Crippen LogP contribution in [0.1, 0.15) is 16.8 Å². The number of nitrogens with zero attached hydrogens (tertiary/aromatic N) is 3. The number of fused-ring (bicyclic) bond motifs is 2. The molecular formula is C23H24FN3O4S. The molecule has 32 heavy (non-hydrogen) atoms. The van der Waals surface area contributed by atoms with E-state index in [2.05, 4.69) is 9.88 Å². The Hall–Kier alpha value is -2.75. The van der Waals surface area contributed by atoms with Gasteiger partial charge in [0, 0.05) is 31.7 Å². The van der Waals surface area contributed by atoms with Crippen LogP contribution in [-0.2, 0) is 4.74 Å². The smallest absolute Gasteiger partial charge is 0.260 e. The van der Waals surface area contributed by atoms with Gasteiger partial charge in [-0.2, -0.15) is 0 Å². The lowest BCUT2D eigenvalue weighted by Gasteiger charge is -2.28. The molecule has 1 amide bonds. The number of halogens is 1. The average molecular weight is 458 g/mol. The maximum Gasteiger partial charge on any atom is 0.260 e.